The molecule has 8 heteroatoms. The molecular formula is C33H30BrN5OS. The second-order valence-electron chi connectivity index (χ2n) is 10.3. The molecule has 0 radical (unpaired) electrons. The Morgan fingerprint density at radius 1 is 1.00 bits per heavy atom. The maximum Gasteiger partial charge on any atom is 0.226 e. The Hall–Kier alpha value is -4.01. The molecule has 6 rings (SSSR count). The third-order valence-corrected chi connectivity index (χ3v) is 8.60. The van der Waals surface area contributed by atoms with Crippen LogP contribution >= 0.6 is 28.1 Å². The molecule has 0 saturated carbocycles. The number of aryl methyl sites for hydroxylation is 1. The molecule has 3 aromatic carbocycles. The van der Waals surface area contributed by atoms with E-state index < -0.39 is 0 Å². The predicted octanol–water partition coefficient (Wildman–Crippen LogP) is 7.41. The Kier molecular flexibility index (Phi) is 7.60. The maximum absolute atomic E-state index is 13.2. The Morgan fingerprint density at radius 2 is 1.76 bits per heavy atom. The first-order valence-electron chi connectivity index (χ1n) is 13.6. The van der Waals surface area contributed by atoms with Gasteiger partial charge in [-0.3, -0.25) is 9.78 Å². The number of nitrogens with one attached hydrogen (secondary N) is 2. The van der Waals surface area contributed by atoms with Gasteiger partial charge in [-0.05, 0) is 85.5 Å². The first-order valence-corrected chi connectivity index (χ1v) is 14.8. The molecule has 1 aliphatic heterocycles. The SMILES string of the molecule is Cc1cc(C2C(c3ccccn3)NC(=S)N2CCC(=O)Nc2cccc3ccccc23)c(C)n1-c1ccc(Br)cc1. The summed E-state index contributed by atoms with van der Waals surface area (Å²) in [4.78, 5) is 20.0. The number of carbonyl (C=O) groups is 1. The van der Waals surface area contributed by atoms with Gasteiger partial charge in [0.25, 0.3) is 0 Å². The van der Waals surface area contributed by atoms with Gasteiger partial charge in [-0.2, -0.15) is 0 Å². The molecule has 1 saturated heterocycles. The lowest BCUT2D eigenvalue weighted by molar-refractivity contribution is -0.116. The van der Waals surface area contributed by atoms with Gasteiger partial charge in [0, 0.05) is 51.8 Å². The highest BCUT2D eigenvalue weighted by Gasteiger charge is 2.41. The third kappa shape index (κ3) is 5.37. The van der Waals surface area contributed by atoms with Crippen LogP contribution in [0.1, 0.15) is 41.1 Å². The Bertz CT molecular complexity index is 1730. The van der Waals surface area contributed by atoms with Crippen LogP contribution in [0.15, 0.2) is 102 Å². The Morgan fingerprint density at radius 3 is 2.54 bits per heavy atom. The summed E-state index contributed by atoms with van der Waals surface area (Å²) < 4.78 is 3.31. The van der Waals surface area contributed by atoms with Crippen molar-refractivity contribution in [1.82, 2.24) is 19.8 Å². The fourth-order valence-electron chi connectivity index (χ4n) is 5.83. The predicted molar refractivity (Wildman–Crippen MR) is 172 cm³/mol. The molecule has 206 valence electrons. The normalized spacial score (nSPS) is 16.7. The lowest BCUT2D eigenvalue weighted by Crippen LogP contribution is -2.33. The minimum Gasteiger partial charge on any atom is -0.352 e. The summed E-state index contributed by atoms with van der Waals surface area (Å²) in [5.74, 6) is -0.0514. The molecule has 2 N–H and O–H groups in total. The molecule has 2 unspecified atom stereocenters. The van der Waals surface area contributed by atoms with Gasteiger partial charge in [0.05, 0.1) is 17.8 Å². The molecule has 41 heavy (non-hydrogen) atoms. The number of benzene rings is 3. The van der Waals surface area contributed by atoms with Crippen molar-refractivity contribution < 1.29 is 4.79 Å². The molecule has 1 aliphatic rings. The number of nitrogens with zero attached hydrogens (tertiary/aromatic N) is 3. The molecule has 2 aromatic heterocycles. The highest BCUT2D eigenvalue weighted by molar-refractivity contribution is 9.10. The van der Waals surface area contributed by atoms with E-state index in [1.165, 1.54) is 0 Å². The summed E-state index contributed by atoms with van der Waals surface area (Å²) in [5, 5.41) is 9.38. The van der Waals surface area contributed by atoms with Crippen LogP contribution < -0.4 is 10.6 Å². The van der Waals surface area contributed by atoms with Crippen molar-refractivity contribution in [2.75, 3.05) is 11.9 Å². The second-order valence-corrected chi connectivity index (χ2v) is 11.6. The molecule has 1 amide bonds. The molecule has 3 heterocycles. The molecule has 0 aliphatic carbocycles. The van der Waals surface area contributed by atoms with Crippen molar-refractivity contribution in [3.63, 3.8) is 0 Å². The number of aromatic nitrogens is 2. The number of pyridine rings is 1. The van der Waals surface area contributed by atoms with E-state index in [4.69, 9.17) is 12.2 Å². The van der Waals surface area contributed by atoms with Crippen LogP contribution in [0.5, 0.6) is 0 Å². The first kappa shape index (κ1) is 27.2. The van der Waals surface area contributed by atoms with E-state index in [1.807, 2.05) is 66.9 Å². The number of fused-ring (bicyclic) bond motifs is 1. The monoisotopic (exact) mass is 623 g/mol. The molecule has 5 aromatic rings. The van der Waals surface area contributed by atoms with E-state index >= 15 is 0 Å². The highest BCUT2D eigenvalue weighted by Crippen LogP contribution is 2.41. The largest absolute Gasteiger partial charge is 0.352 e. The summed E-state index contributed by atoms with van der Waals surface area (Å²) in [7, 11) is 0. The minimum absolute atomic E-state index is 0.0514. The number of thiocarbonyl (C=S) groups is 1. The lowest BCUT2D eigenvalue weighted by atomic mass is 9.96. The number of hydrogen-bond acceptors (Lipinski definition) is 3. The van der Waals surface area contributed by atoms with Gasteiger partial charge in [-0.15, -0.1) is 0 Å². The van der Waals surface area contributed by atoms with E-state index in [-0.39, 0.29) is 18.0 Å². The molecule has 2 atom stereocenters. The van der Waals surface area contributed by atoms with Crippen molar-refractivity contribution in [1.29, 1.82) is 0 Å². The number of anilines is 1. The van der Waals surface area contributed by atoms with Gasteiger partial charge in [0.2, 0.25) is 5.91 Å². The van der Waals surface area contributed by atoms with Crippen molar-refractivity contribution >= 4 is 55.6 Å². The van der Waals surface area contributed by atoms with Crippen LogP contribution in [-0.2, 0) is 4.79 Å². The van der Waals surface area contributed by atoms with E-state index in [0.717, 1.165) is 49.3 Å². The fraction of sp³-hybridized carbons (Fsp3) is 0.182. The average Bonchev–Trinajstić information content (AvgIpc) is 3.47. The van der Waals surface area contributed by atoms with Crippen LogP contribution in [0, 0.1) is 13.8 Å². The zero-order valence-corrected chi connectivity index (χ0v) is 25.2. The number of amides is 1. The number of rotatable bonds is 7. The van der Waals surface area contributed by atoms with Gasteiger partial charge in [-0.1, -0.05) is 58.4 Å². The van der Waals surface area contributed by atoms with Gasteiger partial charge in [-0.25, -0.2) is 0 Å². The van der Waals surface area contributed by atoms with Crippen LogP contribution in [0.3, 0.4) is 0 Å². The smallest absolute Gasteiger partial charge is 0.226 e. The minimum atomic E-state index is -0.149. The number of carbonyl (C=O) groups excluding carboxylic acids is 1. The zero-order valence-electron chi connectivity index (χ0n) is 22.8. The molecular weight excluding hydrogens is 594 g/mol. The quantitative estimate of drug-likeness (QED) is 0.185. The summed E-state index contributed by atoms with van der Waals surface area (Å²) in [5.41, 5.74) is 6.24. The fourth-order valence-corrected chi connectivity index (χ4v) is 6.42. The van der Waals surface area contributed by atoms with Crippen molar-refractivity contribution in [2.45, 2.75) is 32.4 Å². The highest BCUT2D eigenvalue weighted by atomic mass is 79.9. The molecule has 6 nitrogen and oxygen atoms in total. The van der Waals surface area contributed by atoms with Crippen LogP contribution in [0.25, 0.3) is 16.5 Å². The Labute approximate surface area is 253 Å². The third-order valence-electron chi connectivity index (χ3n) is 7.72. The molecule has 1 fully saturated rings. The van der Waals surface area contributed by atoms with E-state index in [9.17, 15) is 4.79 Å². The molecule has 0 spiro atoms. The zero-order chi connectivity index (χ0) is 28.5. The summed E-state index contributed by atoms with van der Waals surface area (Å²) in [6, 6.07) is 30.2. The van der Waals surface area contributed by atoms with E-state index in [2.05, 4.69) is 85.2 Å². The van der Waals surface area contributed by atoms with Crippen molar-refractivity contribution in [2.24, 2.45) is 0 Å². The van der Waals surface area contributed by atoms with Gasteiger partial charge in [0.15, 0.2) is 5.11 Å². The summed E-state index contributed by atoms with van der Waals surface area (Å²) in [6.45, 7) is 4.74. The topological polar surface area (TPSA) is 62.2 Å². The van der Waals surface area contributed by atoms with Crippen LogP contribution in [-0.4, -0.2) is 32.0 Å². The molecule has 0 bridgehead atoms. The van der Waals surface area contributed by atoms with Crippen LogP contribution in [0.2, 0.25) is 0 Å². The summed E-state index contributed by atoms with van der Waals surface area (Å²) >= 11 is 9.42. The number of hydrogen-bond donors (Lipinski definition) is 2. The van der Waals surface area contributed by atoms with Crippen LogP contribution in [0.4, 0.5) is 5.69 Å². The first-order chi connectivity index (χ1) is 19.9. The standard InChI is InChI=1S/C33H30BrN5OS/c1-21-20-27(22(2)39(21)25-15-13-24(34)14-16-25)32-31(29-11-5-6-18-35-29)37-33(41)38(32)19-17-30(40)36-28-12-7-9-23-8-3-4-10-26(23)28/h3-16,18,20,31-32H,17,19H2,1-2H3,(H,36,40)(H,37,41). The van der Waals surface area contributed by atoms with Gasteiger partial charge in [0.1, 0.15) is 0 Å². The van der Waals surface area contributed by atoms with Crippen molar-refractivity contribution in [3.8, 4) is 5.69 Å². The Balaban J connectivity index is 1.31. The van der Waals surface area contributed by atoms with E-state index in [0.29, 0.717) is 18.1 Å². The summed E-state index contributed by atoms with van der Waals surface area (Å²) in [6.07, 6.45) is 2.10. The number of halogens is 1. The van der Waals surface area contributed by atoms with E-state index in [1.54, 1.807) is 0 Å². The van der Waals surface area contributed by atoms with Crippen molar-refractivity contribution in [3.05, 3.63) is 124 Å². The second kappa shape index (κ2) is 11.5. The van der Waals surface area contributed by atoms with Gasteiger partial charge >= 0.3 is 0 Å². The maximum atomic E-state index is 13.2. The van der Waals surface area contributed by atoms with Gasteiger partial charge < -0.3 is 20.1 Å². The lowest BCUT2D eigenvalue weighted by Gasteiger charge is -2.28. The average molecular weight is 625 g/mol.